The number of hydrogen-bond acceptors (Lipinski definition) is 4. The van der Waals surface area contributed by atoms with Crippen molar-refractivity contribution in [3.63, 3.8) is 0 Å². The number of aromatic nitrogens is 3. The molecule has 124 valence electrons. The maximum atomic E-state index is 12.9. The SMILES string of the molecule is O=c1c2ccccc2nnn1CSc1ccc(Cl)c(C(F)(F)F)c1. The van der Waals surface area contributed by atoms with Gasteiger partial charge >= 0.3 is 6.18 Å². The van der Waals surface area contributed by atoms with Crippen molar-refractivity contribution in [2.75, 3.05) is 0 Å². The average Bonchev–Trinajstić information content (AvgIpc) is 2.55. The summed E-state index contributed by atoms with van der Waals surface area (Å²) >= 11 is 6.62. The van der Waals surface area contributed by atoms with E-state index in [0.29, 0.717) is 15.8 Å². The molecule has 0 atom stereocenters. The second-order valence-corrected chi connectivity index (χ2v) is 6.25. The smallest absolute Gasteiger partial charge is 0.267 e. The van der Waals surface area contributed by atoms with Crippen molar-refractivity contribution in [3.8, 4) is 0 Å². The van der Waals surface area contributed by atoms with Crippen LogP contribution < -0.4 is 5.56 Å². The molecule has 0 fully saturated rings. The molecule has 1 aromatic heterocycles. The fourth-order valence-electron chi connectivity index (χ4n) is 2.06. The molecule has 9 heteroatoms. The van der Waals surface area contributed by atoms with E-state index in [1.807, 2.05) is 0 Å². The van der Waals surface area contributed by atoms with Crippen LogP contribution in [-0.2, 0) is 12.1 Å². The first-order valence-corrected chi connectivity index (χ1v) is 8.05. The summed E-state index contributed by atoms with van der Waals surface area (Å²) in [6.07, 6.45) is -4.53. The number of halogens is 4. The lowest BCUT2D eigenvalue weighted by atomic mass is 10.2. The largest absolute Gasteiger partial charge is 0.417 e. The highest BCUT2D eigenvalue weighted by molar-refractivity contribution is 7.98. The van der Waals surface area contributed by atoms with E-state index >= 15 is 0 Å². The van der Waals surface area contributed by atoms with E-state index < -0.39 is 11.7 Å². The Morgan fingerprint density at radius 1 is 1.17 bits per heavy atom. The van der Waals surface area contributed by atoms with Crippen LogP contribution in [0.5, 0.6) is 0 Å². The maximum Gasteiger partial charge on any atom is 0.417 e. The van der Waals surface area contributed by atoms with Crippen LogP contribution in [0.25, 0.3) is 10.9 Å². The lowest BCUT2D eigenvalue weighted by Crippen LogP contribution is -2.23. The number of alkyl halides is 3. The molecule has 0 aliphatic carbocycles. The summed E-state index contributed by atoms with van der Waals surface area (Å²) in [5.41, 5.74) is -0.793. The molecule has 0 amide bonds. The van der Waals surface area contributed by atoms with E-state index in [2.05, 4.69) is 10.3 Å². The fraction of sp³-hybridized carbons (Fsp3) is 0.133. The van der Waals surface area contributed by atoms with Gasteiger partial charge in [-0.2, -0.15) is 13.2 Å². The summed E-state index contributed by atoms with van der Waals surface area (Å²) in [6.45, 7) is 0. The zero-order valence-electron chi connectivity index (χ0n) is 11.9. The number of benzene rings is 2. The van der Waals surface area contributed by atoms with Crippen molar-refractivity contribution in [3.05, 3.63) is 63.4 Å². The van der Waals surface area contributed by atoms with E-state index in [1.165, 1.54) is 12.1 Å². The van der Waals surface area contributed by atoms with E-state index in [9.17, 15) is 18.0 Å². The zero-order chi connectivity index (χ0) is 17.3. The lowest BCUT2D eigenvalue weighted by molar-refractivity contribution is -0.137. The minimum Gasteiger partial charge on any atom is -0.267 e. The van der Waals surface area contributed by atoms with Gasteiger partial charge in [0.1, 0.15) is 5.52 Å². The Bertz CT molecular complexity index is 959. The van der Waals surface area contributed by atoms with Crippen LogP contribution in [0, 0.1) is 0 Å². The fourth-order valence-corrected chi connectivity index (χ4v) is 3.09. The molecule has 0 radical (unpaired) electrons. The third-order valence-electron chi connectivity index (χ3n) is 3.23. The minimum atomic E-state index is -4.53. The molecule has 0 N–H and O–H groups in total. The Kier molecular flexibility index (Phi) is 4.51. The summed E-state index contributed by atoms with van der Waals surface area (Å²) < 4.78 is 39.7. The predicted octanol–water partition coefficient (Wildman–Crippen LogP) is 4.21. The zero-order valence-corrected chi connectivity index (χ0v) is 13.5. The van der Waals surface area contributed by atoms with Crippen molar-refractivity contribution in [2.45, 2.75) is 16.9 Å². The van der Waals surface area contributed by atoms with Gasteiger partial charge < -0.3 is 0 Å². The van der Waals surface area contributed by atoms with Crippen LogP contribution in [0.15, 0.2) is 52.2 Å². The van der Waals surface area contributed by atoms with Crippen LogP contribution >= 0.6 is 23.4 Å². The predicted molar refractivity (Wildman–Crippen MR) is 86.1 cm³/mol. The van der Waals surface area contributed by atoms with Gasteiger partial charge in [-0.1, -0.05) is 28.9 Å². The number of nitrogens with zero attached hydrogens (tertiary/aromatic N) is 3. The molecular weight excluding hydrogens is 363 g/mol. The van der Waals surface area contributed by atoms with Gasteiger partial charge in [-0.3, -0.25) is 4.79 Å². The molecule has 3 aromatic rings. The Balaban J connectivity index is 1.87. The highest BCUT2D eigenvalue weighted by Gasteiger charge is 2.33. The van der Waals surface area contributed by atoms with E-state index in [0.717, 1.165) is 22.5 Å². The quantitative estimate of drug-likeness (QED) is 0.647. The third kappa shape index (κ3) is 3.39. The second-order valence-electron chi connectivity index (χ2n) is 4.82. The molecule has 2 aromatic carbocycles. The normalized spacial score (nSPS) is 11.8. The first kappa shape index (κ1) is 16.8. The summed E-state index contributed by atoms with van der Waals surface area (Å²) in [6, 6.07) is 10.3. The maximum absolute atomic E-state index is 12.9. The van der Waals surface area contributed by atoms with E-state index in [1.54, 1.807) is 24.3 Å². The van der Waals surface area contributed by atoms with Gasteiger partial charge in [0.15, 0.2) is 0 Å². The Labute approximate surface area is 143 Å². The Hall–Kier alpha value is -2.06. The van der Waals surface area contributed by atoms with Crippen LogP contribution in [0.2, 0.25) is 5.02 Å². The molecule has 0 saturated heterocycles. The number of hydrogen-bond donors (Lipinski definition) is 0. The molecule has 24 heavy (non-hydrogen) atoms. The Morgan fingerprint density at radius 2 is 1.92 bits per heavy atom. The molecule has 0 saturated carbocycles. The molecular formula is C15H9ClF3N3OS. The lowest BCUT2D eigenvalue weighted by Gasteiger charge is -2.11. The molecule has 4 nitrogen and oxygen atoms in total. The van der Waals surface area contributed by atoms with Gasteiger partial charge in [-0.15, -0.1) is 16.9 Å². The van der Waals surface area contributed by atoms with Crippen LogP contribution in [0.3, 0.4) is 0 Å². The van der Waals surface area contributed by atoms with Crippen molar-refractivity contribution < 1.29 is 13.2 Å². The number of fused-ring (bicyclic) bond motifs is 1. The molecule has 0 aliphatic heterocycles. The standard InChI is InChI=1S/C15H9ClF3N3OS/c16-12-6-5-9(7-11(12)15(17,18)19)24-8-22-14(23)10-3-1-2-4-13(10)20-21-22/h1-7H,8H2. The number of thioether (sulfide) groups is 1. The summed E-state index contributed by atoms with van der Waals surface area (Å²) in [7, 11) is 0. The number of rotatable bonds is 3. The summed E-state index contributed by atoms with van der Waals surface area (Å²) in [4.78, 5) is 12.6. The van der Waals surface area contributed by atoms with Gasteiger partial charge in [0.2, 0.25) is 0 Å². The van der Waals surface area contributed by atoms with Crippen molar-refractivity contribution in [1.82, 2.24) is 15.0 Å². The van der Waals surface area contributed by atoms with Gasteiger partial charge in [-0.25, -0.2) is 4.68 Å². The topological polar surface area (TPSA) is 47.8 Å². The molecule has 3 rings (SSSR count). The van der Waals surface area contributed by atoms with Crippen LogP contribution in [0.4, 0.5) is 13.2 Å². The summed E-state index contributed by atoms with van der Waals surface area (Å²) in [5, 5.41) is 7.76. The van der Waals surface area contributed by atoms with Gasteiger partial charge in [0.25, 0.3) is 5.56 Å². The molecule has 0 unspecified atom stereocenters. The third-order valence-corrected chi connectivity index (χ3v) is 4.52. The highest BCUT2D eigenvalue weighted by atomic mass is 35.5. The molecule has 0 spiro atoms. The van der Waals surface area contributed by atoms with Gasteiger partial charge in [-0.05, 0) is 30.3 Å². The molecule has 1 heterocycles. The second kappa shape index (κ2) is 6.45. The average molecular weight is 372 g/mol. The van der Waals surface area contributed by atoms with Crippen molar-refractivity contribution in [2.24, 2.45) is 0 Å². The Morgan fingerprint density at radius 3 is 2.67 bits per heavy atom. The molecule has 0 bridgehead atoms. The van der Waals surface area contributed by atoms with Crippen molar-refractivity contribution >= 4 is 34.3 Å². The van der Waals surface area contributed by atoms with E-state index in [-0.39, 0.29) is 16.5 Å². The minimum absolute atomic E-state index is 0.0373. The van der Waals surface area contributed by atoms with Crippen LogP contribution in [0.1, 0.15) is 5.56 Å². The van der Waals surface area contributed by atoms with Gasteiger partial charge in [0, 0.05) is 4.90 Å². The first-order valence-electron chi connectivity index (χ1n) is 6.68. The van der Waals surface area contributed by atoms with Gasteiger partial charge in [0.05, 0.1) is 21.8 Å². The molecule has 0 aliphatic rings. The monoisotopic (exact) mass is 371 g/mol. The summed E-state index contributed by atoms with van der Waals surface area (Å²) in [5.74, 6) is 0.0373. The van der Waals surface area contributed by atoms with E-state index in [4.69, 9.17) is 11.6 Å². The van der Waals surface area contributed by atoms with Crippen molar-refractivity contribution in [1.29, 1.82) is 0 Å². The van der Waals surface area contributed by atoms with Crippen LogP contribution in [-0.4, -0.2) is 15.0 Å². The first-order chi connectivity index (χ1) is 11.4. The highest BCUT2D eigenvalue weighted by Crippen LogP contribution is 2.37.